The van der Waals surface area contributed by atoms with Gasteiger partial charge in [-0.05, 0) is 48.0 Å². The van der Waals surface area contributed by atoms with Gasteiger partial charge in [-0.1, -0.05) is 31.9 Å². The summed E-state index contributed by atoms with van der Waals surface area (Å²) in [6, 6.07) is 12.6. The minimum atomic E-state index is -0.219. The first-order valence-electron chi connectivity index (χ1n) is 5.45. The van der Waals surface area contributed by atoms with Crippen LogP contribution in [0.15, 0.2) is 46.9 Å². The molecule has 94 valence electrons. The Morgan fingerprint density at radius 2 is 1.78 bits per heavy atom. The van der Waals surface area contributed by atoms with E-state index in [1.54, 1.807) is 12.1 Å². The third-order valence-corrected chi connectivity index (χ3v) is 3.86. The van der Waals surface area contributed by atoms with Gasteiger partial charge in [0, 0.05) is 28.2 Å². The zero-order chi connectivity index (χ0) is 13.1. The molecule has 0 fully saturated rings. The van der Waals surface area contributed by atoms with Gasteiger partial charge in [0.2, 0.25) is 0 Å². The minimum Gasteiger partial charge on any atom is -0.344 e. The second-order valence-electron chi connectivity index (χ2n) is 3.94. The molecule has 0 aliphatic heterocycles. The quantitative estimate of drug-likeness (QED) is 0.665. The first-order valence-corrected chi connectivity index (χ1v) is 7.37. The average molecular weight is 373 g/mol. The minimum absolute atomic E-state index is 0.219. The van der Waals surface area contributed by atoms with E-state index < -0.39 is 0 Å². The molecule has 4 heteroatoms. The number of anilines is 2. The molecule has 18 heavy (non-hydrogen) atoms. The molecule has 0 aliphatic carbocycles. The highest BCUT2D eigenvalue weighted by Gasteiger charge is 2.09. The molecule has 0 aliphatic rings. The molecule has 0 spiro atoms. The van der Waals surface area contributed by atoms with Gasteiger partial charge in [-0.2, -0.15) is 0 Å². The predicted octanol–water partition coefficient (Wildman–Crippen LogP) is 5.25. The second-order valence-corrected chi connectivity index (χ2v) is 5.42. The monoisotopic (exact) mass is 371 g/mol. The molecule has 0 atom stereocenters. The molecule has 0 unspecified atom stereocenters. The topological polar surface area (TPSA) is 3.24 Å². The van der Waals surface area contributed by atoms with E-state index in [2.05, 4.69) is 37.9 Å². The zero-order valence-electron chi connectivity index (χ0n) is 9.83. The first kappa shape index (κ1) is 13.6. The third kappa shape index (κ3) is 2.93. The van der Waals surface area contributed by atoms with E-state index in [1.807, 2.05) is 24.1 Å². The molecule has 0 saturated carbocycles. The summed E-state index contributed by atoms with van der Waals surface area (Å²) in [6.07, 6.45) is 0. The zero-order valence-corrected chi connectivity index (χ0v) is 13.0. The lowest BCUT2D eigenvalue weighted by molar-refractivity contribution is 0.628. The number of nitrogens with zero attached hydrogens (tertiary/aromatic N) is 1. The number of alkyl halides is 1. The van der Waals surface area contributed by atoms with Crippen molar-refractivity contribution in [2.75, 3.05) is 11.9 Å². The Bertz CT molecular complexity index is 540. The molecule has 0 radical (unpaired) electrons. The number of hydrogen-bond acceptors (Lipinski definition) is 1. The van der Waals surface area contributed by atoms with Crippen LogP contribution < -0.4 is 4.90 Å². The molecule has 0 N–H and O–H groups in total. The SMILES string of the molecule is CN(c1ccc(F)cc1)c1ccc(Br)cc1CBr. The van der Waals surface area contributed by atoms with E-state index in [-0.39, 0.29) is 5.82 Å². The highest BCUT2D eigenvalue weighted by atomic mass is 79.9. The average Bonchev–Trinajstić information content (AvgIpc) is 2.38. The fourth-order valence-corrected chi connectivity index (χ4v) is 2.65. The van der Waals surface area contributed by atoms with Crippen molar-refractivity contribution in [1.82, 2.24) is 0 Å². The summed E-state index contributed by atoms with van der Waals surface area (Å²) < 4.78 is 14.0. The van der Waals surface area contributed by atoms with Gasteiger partial charge in [0.25, 0.3) is 0 Å². The largest absolute Gasteiger partial charge is 0.344 e. The number of rotatable bonds is 3. The second kappa shape index (κ2) is 5.85. The fraction of sp³-hybridized carbons (Fsp3) is 0.143. The van der Waals surface area contributed by atoms with Gasteiger partial charge < -0.3 is 4.90 Å². The summed E-state index contributed by atoms with van der Waals surface area (Å²) in [5, 5.41) is 0.771. The van der Waals surface area contributed by atoms with Crippen molar-refractivity contribution in [3.63, 3.8) is 0 Å². The van der Waals surface area contributed by atoms with Gasteiger partial charge in [0.15, 0.2) is 0 Å². The van der Waals surface area contributed by atoms with E-state index >= 15 is 0 Å². The lowest BCUT2D eigenvalue weighted by atomic mass is 10.1. The molecular formula is C14H12Br2FN. The van der Waals surface area contributed by atoms with Crippen LogP contribution in [-0.2, 0) is 5.33 Å². The van der Waals surface area contributed by atoms with Crippen LogP contribution in [0.4, 0.5) is 15.8 Å². The van der Waals surface area contributed by atoms with Crippen molar-refractivity contribution in [3.8, 4) is 0 Å². The summed E-state index contributed by atoms with van der Waals surface area (Å²) in [4.78, 5) is 2.04. The van der Waals surface area contributed by atoms with Crippen molar-refractivity contribution in [3.05, 3.63) is 58.3 Å². The summed E-state index contributed by atoms with van der Waals surface area (Å²) in [7, 11) is 1.97. The van der Waals surface area contributed by atoms with Crippen LogP contribution >= 0.6 is 31.9 Å². The fourth-order valence-electron chi connectivity index (χ4n) is 1.79. The van der Waals surface area contributed by atoms with E-state index in [0.717, 1.165) is 21.2 Å². The summed E-state index contributed by atoms with van der Waals surface area (Å²) in [5.74, 6) is -0.219. The third-order valence-electron chi connectivity index (χ3n) is 2.76. The maximum atomic E-state index is 12.9. The Morgan fingerprint density at radius 1 is 1.11 bits per heavy atom. The molecule has 2 aromatic carbocycles. The van der Waals surface area contributed by atoms with Crippen molar-refractivity contribution < 1.29 is 4.39 Å². The Hall–Kier alpha value is -0.870. The summed E-state index contributed by atoms with van der Waals surface area (Å²) >= 11 is 6.95. The predicted molar refractivity (Wildman–Crippen MR) is 81.2 cm³/mol. The van der Waals surface area contributed by atoms with E-state index in [4.69, 9.17) is 0 Å². The molecule has 0 aromatic heterocycles. The van der Waals surface area contributed by atoms with Crippen molar-refractivity contribution in [2.24, 2.45) is 0 Å². The van der Waals surface area contributed by atoms with Crippen molar-refractivity contribution >= 4 is 43.2 Å². The molecular weight excluding hydrogens is 361 g/mol. The van der Waals surface area contributed by atoms with E-state index in [9.17, 15) is 4.39 Å². The van der Waals surface area contributed by atoms with E-state index in [1.165, 1.54) is 17.7 Å². The molecule has 0 bridgehead atoms. The summed E-state index contributed by atoms with van der Waals surface area (Å²) in [5.41, 5.74) is 3.24. The summed E-state index contributed by atoms with van der Waals surface area (Å²) in [6.45, 7) is 0. The molecule has 2 aromatic rings. The van der Waals surface area contributed by atoms with Crippen LogP contribution in [0.3, 0.4) is 0 Å². The van der Waals surface area contributed by atoms with Crippen LogP contribution in [0.25, 0.3) is 0 Å². The Balaban J connectivity index is 2.39. The van der Waals surface area contributed by atoms with Crippen molar-refractivity contribution in [2.45, 2.75) is 5.33 Å². The highest BCUT2D eigenvalue weighted by molar-refractivity contribution is 9.10. The maximum absolute atomic E-state index is 12.9. The van der Waals surface area contributed by atoms with Gasteiger partial charge in [0.05, 0.1) is 0 Å². The number of halogens is 3. The van der Waals surface area contributed by atoms with Crippen LogP contribution in [-0.4, -0.2) is 7.05 Å². The number of benzene rings is 2. The first-order chi connectivity index (χ1) is 8.61. The maximum Gasteiger partial charge on any atom is 0.123 e. The molecule has 1 nitrogen and oxygen atoms in total. The number of hydrogen-bond donors (Lipinski definition) is 0. The molecule has 0 heterocycles. The lowest BCUT2D eigenvalue weighted by Gasteiger charge is -2.22. The van der Waals surface area contributed by atoms with Crippen LogP contribution in [0.5, 0.6) is 0 Å². The van der Waals surface area contributed by atoms with E-state index in [0.29, 0.717) is 0 Å². The van der Waals surface area contributed by atoms with Gasteiger partial charge >= 0.3 is 0 Å². The highest BCUT2D eigenvalue weighted by Crippen LogP contribution is 2.30. The normalized spacial score (nSPS) is 10.4. The van der Waals surface area contributed by atoms with Gasteiger partial charge in [0.1, 0.15) is 5.82 Å². The van der Waals surface area contributed by atoms with Crippen LogP contribution in [0.2, 0.25) is 0 Å². The van der Waals surface area contributed by atoms with Crippen LogP contribution in [0.1, 0.15) is 5.56 Å². The Labute approximate surface area is 123 Å². The van der Waals surface area contributed by atoms with Crippen molar-refractivity contribution in [1.29, 1.82) is 0 Å². The Morgan fingerprint density at radius 3 is 2.39 bits per heavy atom. The standard InChI is InChI=1S/C14H12Br2FN/c1-18(13-5-3-12(17)4-6-13)14-7-2-11(16)8-10(14)9-15/h2-8H,9H2,1H3. The molecule has 2 rings (SSSR count). The van der Waals surface area contributed by atoms with Gasteiger partial charge in [-0.15, -0.1) is 0 Å². The molecule has 0 amide bonds. The smallest absolute Gasteiger partial charge is 0.123 e. The van der Waals surface area contributed by atoms with Gasteiger partial charge in [-0.25, -0.2) is 4.39 Å². The van der Waals surface area contributed by atoms with Crippen LogP contribution in [0, 0.1) is 5.82 Å². The van der Waals surface area contributed by atoms with Gasteiger partial charge in [-0.3, -0.25) is 0 Å². The lowest BCUT2D eigenvalue weighted by Crippen LogP contribution is -2.11. The Kier molecular flexibility index (Phi) is 4.40. The molecule has 0 saturated heterocycles.